The number of phenolic OH excluding ortho intramolecular Hbond substituents is 1. The Hall–Kier alpha value is -2.46. The SMILES string of the molecule is CC(C)=CCOc1cc(O)c2c(c1)OC(c1ccccc1Cl)CC2=O. The molecule has 0 fully saturated rings. The maximum Gasteiger partial charge on any atom is 0.174 e. The number of halogens is 1. The van der Waals surface area contributed by atoms with E-state index in [1.165, 1.54) is 6.07 Å². The van der Waals surface area contributed by atoms with Crippen LogP contribution in [0.2, 0.25) is 5.02 Å². The number of aromatic hydroxyl groups is 1. The Kier molecular flexibility index (Phi) is 5.00. The molecule has 0 aliphatic carbocycles. The van der Waals surface area contributed by atoms with Crippen LogP contribution in [0.4, 0.5) is 0 Å². The molecule has 130 valence electrons. The first-order chi connectivity index (χ1) is 12.0. The van der Waals surface area contributed by atoms with Crippen LogP contribution in [0, 0.1) is 0 Å². The molecule has 1 unspecified atom stereocenters. The van der Waals surface area contributed by atoms with Crippen molar-refractivity contribution in [3.8, 4) is 17.2 Å². The summed E-state index contributed by atoms with van der Waals surface area (Å²) in [7, 11) is 0. The first kappa shape index (κ1) is 17.4. The molecule has 0 spiro atoms. The van der Waals surface area contributed by atoms with Gasteiger partial charge < -0.3 is 14.6 Å². The van der Waals surface area contributed by atoms with Crippen LogP contribution in [0.1, 0.15) is 42.3 Å². The van der Waals surface area contributed by atoms with Gasteiger partial charge in [-0.1, -0.05) is 35.4 Å². The Labute approximate surface area is 151 Å². The van der Waals surface area contributed by atoms with Crippen LogP contribution in [0.5, 0.6) is 17.2 Å². The summed E-state index contributed by atoms with van der Waals surface area (Å²) < 4.78 is 11.6. The number of allylic oxidation sites excluding steroid dienone is 1. The van der Waals surface area contributed by atoms with Gasteiger partial charge in [-0.2, -0.15) is 0 Å². The smallest absolute Gasteiger partial charge is 0.174 e. The predicted molar refractivity (Wildman–Crippen MR) is 96.8 cm³/mol. The Morgan fingerprint density at radius 1 is 1.36 bits per heavy atom. The molecular formula is C20H19ClO4. The number of hydrogen-bond acceptors (Lipinski definition) is 4. The van der Waals surface area contributed by atoms with Crippen LogP contribution < -0.4 is 9.47 Å². The van der Waals surface area contributed by atoms with E-state index in [-0.39, 0.29) is 23.5 Å². The van der Waals surface area contributed by atoms with Gasteiger partial charge >= 0.3 is 0 Å². The molecule has 0 radical (unpaired) electrons. The maximum atomic E-state index is 12.5. The minimum Gasteiger partial charge on any atom is -0.507 e. The Balaban J connectivity index is 1.91. The minimum absolute atomic E-state index is 0.127. The van der Waals surface area contributed by atoms with E-state index in [9.17, 15) is 9.90 Å². The summed E-state index contributed by atoms with van der Waals surface area (Å²) in [6.45, 7) is 4.33. The predicted octanol–water partition coefficient (Wildman–Crippen LogP) is 5.10. The van der Waals surface area contributed by atoms with Gasteiger partial charge in [0.05, 0.1) is 6.42 Å². The van der Waals surface area contributed by atoms with Gasteiger partial charge in [0.25, 0.3) is 0 Å². The quantitative estimate of drug-likeness (QED) is 0.773. The fourth-order valence-electron chi connectivity index (χ4n) is 2.71. The third-order valence-electron chi connectivity index (χ3n) is 3.97. The third-order valence-corrected chi connectivity index (χ3v) is 4.31. The summed E-state index contributed by atoms with van der Waals surface area (Å²) >= 11 is 6.22. The highest BCUT2D eigenvalue weighted by Gasteiger charge is 2.31. The lowest BCUT2D eigenvalue weighted by Crippen LogP contribution is -2.21. The average molecular weight is 359 g/mol. The fourth-order valence-corrected chi connectivity index (χ4v) is 2.97. The summed E-state index contributed by atoms with van der Waals surface area (Å²) in [5, 5.41) is 10.8. The van der Waals surface area contributed by atoms with Gasteiger partial charge in [0, 0.05) is 22.7 Å². The Morgan fingerprint density at radius 3 is 2.84 bits per heavy atom. The van der Waals surface area contributed by atoms with Gasteiger partial charge in [-0.3, -0.25) is 4.79 Å². The summed E-state index contributed by atoms with van der Waals surface area (Å²) in [6, 6.07) is 10.3. The Bertz CT molecular complexity index is 838. The highest BCUT2D eigenvalue weighted by molar-refractivity contribution is 6.31. The number of ether oxygens (including phenoxy) is 2. The second kappa shape index (κ2) is 7.19. The van der Waals surface area contributed by atoms with Crippen molar-refractivity contribution in [1.29, 1.82) is 0 Å². The zero-order chi connectivity index (χ0) is 18.0. The summed E-state index contributed by atoms with van der Waals surface area (Å²) in [5.74, 6) is 0.446. The van der Waals surface area contributed by atoms with E-state index in [4.69, 9.17) is 21.1 Å². The number of carbonyl (C=O) groups is 1. The molecule has 2 aromatic rings. The molecule has 0 aromatic heterocycles. The van der Waals surface area contributed by atoms with Gasteiger partial charge in [0.1, 0.15) is 35.5 Å². The normalized spacial score (nSPS) is 16.0. The van der Waals surface area contributed by atoms with Gasteiger partial charge in [-0.25, -0.2) is 0 Å². The van der Waals surface area contributed by atoms with Crippen LogP contribution in [-0.4, -0.2) is 17.5 Å². The van der Waals surface area contributed by atoms with Gasteiger partial charge in [-0.05, 0) is 26.0 Å². The lowest BCUT2D eigenvalue weighted by atomic mass is 9.95. The van der Waals surface area contributed by atoms with Crippen molar-refractivity contribution < 1.29 is 19.4 Å². The molecule has 1 N–H and O–H groups in total. The first-order valence-corrected chi connectivity index (χ1v) is 8.41. The van der Waals surface area contributed by atoms with Crippen molar-refractivity contribution in [2.24, 2.45) is 0 Å². The monoisotopic (exact) mass is 358 g/mol. The van der Waals surface area contributed by atoms with E-state index < -0.39 is 6.10 Å². The molecule has 5 heteroatoms. The minimum atomic E-state index is -0.485. The van der Waals surface area contributed by atoms with E-state index in [0.29, 0.717) is 23.1 Å². The Morgan fingerprint density at radius 2 is 2.12 bits per heavy atom. The van der Waals surface area contributed by atoms with Crippen molar-refractivity contribution in [1.82, 2.24) is 0 Å². The molecule has 0 bridgehead atoms. The van der Waals surface area contributed by atoms with Gasteiger partial charge in [0.2, 0.25) is 0 Å². The maximum absolute atomic E-state index is 12.5. The molecule has 2 aromatic carbocycles. The molecule has 25 heavy (non-hydrogen) atoms. The molecule has 1 aliphatic rings. The molecule has 1 atom stereocenters. The highest BCUT2D eigenvalue weighted by atomic mass is 35.5. The number of carbonyl (C=O) groups excluding carboxylic acids is 1. The molecule has 1 aliphatic heterocycles. The topological polar surface area (TPSA) is 55.8 Å². The van der Waals surface area contributed by atoms with Crippen molar-refractivity contribution in [2.75, 3.05) is 6.61 Å². The molecule has 3 rings (SSSR count). The number of benzene rings is 2. The molecule has 0 saturated heterocycles. The van der Waals surface area contributed by atoms with Crippen LogP contribution in [0.15, 0.2) is 48.0 Å². The van der Waals surface area contributed by atoms with Crippen LogP contribution >= 0.6 is 11.6 Å². The lowest BCUT2D eigenvalue weighted by Gasteiger charge is -2.27. The largest absolute Gasteiger partial charge is 0.507 e. The number of fused-ring (bicyclic) bond motifs is 1. The number of rotatable bonds is 4. The van der Waals surface area contributed by atoms with Crippen molar-refractivity contribution in [3.05, 3.63) is 64.2 Å². The fraction of sp³-hybridized carbons (Fsp3) is 0.250. The van der Waals surface area contributed by atoms with E-state index in [0.717, 1.165) is 11.1 Å². The third kappa shape index (κ3) is 3.80. The molecule has 1 heterocycles. The lowest BCUT2D eigenvalue weighted by molar-refractivity contribution is 0.0845. The van der Waals surface area contributed by atoms with Crippen LogP contribution in [0.3, 0.4) is 0 Å². The molecule has 4 nitrogen and oxygen atoms in total. The van der Waals surface area contributed by atoms with Gasteiger partial charge in [0.15, 0.2) is 5.78 Å². The van der Waals surface area contributed by atoms with Crippen LogP contribution in [-0.2, 0) is 0 Å². The van der Waals surface area contributed by atoms with E-state index in [1.807, 2.05) is 38.1 Å². The second-order valence-corrected chi connectivity index (χ2v) is 6.57. The summed E-state index contributed by atoms with van der Waals surface area (Å²) in [5.41, 5.74) is 2.07. The standard InChI is InChI=1S/C20H19ClO4/c1-12(2)7-8-24-13-9-16(22)20-17(23)11-18(25-19(20)10-13)14-5-3-4-6-15(14)21/h3-7,9-10,18,22H,8,11H2,1-2H3. The number of Topliss-reactive ketones (excluding diaryl/α,β-unsaturated/α-hetero) is 1. The average Bonchev–Trinajstić information content (AvgIpc) is 2.54. The summed E-state index contributed by atoms with van der Waals surface area (Å²) in [4.78, 5) is 12.5. The highest BCUT2D eigenvalue weighted by Crippen LogP contribution is 2.42. The molecular weight excluding hydrogens is 340 g/mol. The number of ketones is 1. The van der Waals surface area contributed by atoms with Crippen molar-refractivity contribution in [3.63, 3.8) is 0 Å². The number of hydrogen-bond donors (Lipinski definition) is 1. The van der Waals surface area contributed by atoms with Crippen LogP contribution in [0.25, 0.3) is 0 Å². The van der Waals surface area contributed by atoms with E-state index in [1.54, 1.807) is 12.1 Å². The summed E-state index contributed by atoms with van der Waals surface area (Å²) in [6.07, 6.45) is 1.57. The zero-order valence-electron chi connectivity index (χ0n) is 14.1. The van der Waals surface area contributed by atoms with Gasteiger partial charge in [-0.15, -0.1) is 0 Å². The van der Waals surface area contributed by atoms with E-state index in [2.05, 4.69) is 0 Å². The van der Waals surface area contributed by atoms with Crippen molar-refractivity contribution in [2.45, 2.75) is 26.4 Å². The first-order valence-electron chi connectivity index (χ1n) is 8.03. The zero-order valence-corrected chi connectivity index (χ0v) is 14.8. The second-order valence-electron chi connectivity index (χ2n) is 6.16. The molecule has 0 saturated carbocycles. The molecule has 0 amide bonds. The van der Waals surface area contributed by atoms with E-state index >= 15 is 0 Å². The van der Waals surface area contributed by atoms with Crippen molar-refractivity contribution >= 4 is 17.4 Å². The number of phenols is 1.